The fraction of sp³-hybridized carbons (Fsp3) is 0.350. The van der Waals surface area contributed by atoms with Gasteiger partial charge in [0.05, 0.1) is 20.6 Å². The van der Waals surface area contributed by atoms with Gasteiger partial charge >= 0.3 is 17.1 Å². The summed E-state index contributed by atoms with van der Waals surface area (Å²) in [5, 5.41) is 25.3. The number of pyridine rings is 4. The predicted molar refractivity (Wildman–Crippen MR) is 215 cm³/mol. The predicted octanol–water partition coefficient (Wildman–Crippen LogP) is 7.32. The molecule has 0 saturated heterocycles. The Morgan fingerprint density at radius 3 is 1.29 bits per heavy atom. The van der Waals surface area contributed by atoms with Crippen molar-refractivity contribution in [1.29, 1.82) is 0 Å². The summed E-state index contributed by atoms with van der Waals surface area (Å²) in [7, 11) is 0. The van der Waals surface area contributed by atoms with Crippen molar-refractivity contribution in [2.75, 3.05) is 10.6 Å². The maximum absolute atomic E-state index is 8.89. The van der Waals surface area contributed by atoms with Crippen molar-refractivity contribution in [1.82, 2.24) is 28.7 Å². The summed E-state index contributed by atoms with van der Waals surface area (Å²) in [6.07, 6.45) is 16.4. The van der Waals surface area contributed by atoms with E-state index in [4.69, 9.17) is 29.8 Å². The molecule has 0 aromatic carbocycles. The number of nitrogens with zero attached hydrogens (tertiary/aromatic N) is 6. The molecule has 2 saturated carbocycles. The first kappa shape index (κ1) is 43.4. The van der Waals surface area contributed by atoms with Crippen molar-refractivity contribution in [3.63, 3.8) is 0 Å². The summed E-state index contributed by atoms with van der Waals surface area (Å²) in [5.74, 6) is -0.0869. The fourth-order valence-corrected chi connectivity index (χ4v) is 7.64. The van der Waals surface area contributed by atoms with Crippen LogP contribution in [0.5, 0.6) is 0 Å². The van der Waals surface area contributed by atoms with Crippen LogP contribution in [0, 0.1) is 0 Å². The van der Waals surface area contributed by atoms with Crippen LogP contribution in [-0.2, 0) is 26.7 Å². The van der Waals surface area contributed by atoms with Gasteiger partial charge in [-0.1, -0.05) is 62.8 Å². The third-order valence-corrected chi connectivity index (χ3v) is 10.1. The first-order chi connectivity index (χ1) is 26.1. The van der Waals surface area contributed by atoms with Crippen molar-refractivity contribution in [3.05, 3.63) is 94.4 Å². The number of fused-ring (bicyclic) bond motifs is 2. The van der Waals surface area contributed by atoms with Crippen molar-refractivity contribution in [2.24, 2.45) is 0 Å². The molecule has 1 radical (unpaired) electrons. The molecular weight excluding hydrogens is 880 g/mol. The Morgan fingerprint density at radius 1 is 0.600 bits per heavy atom. The topological polar surface area (TPSA) is 165 Å². The summed E-state index contributed by atoms with van der Waals surface area (Å²) in [4.78, 5) is 36.4. The minimum Gasteiger partial charge on any atom is -0.550 e. The number of carbonyl (C=O) groups is 2. The number of carbonyl (C=O) groups excluding carboxylic acids is 2. The molecule has 293 valence electrons. The molecule has 0 unspecified atom stereocenters. The molecule has 2 fully saturated rings. The Bertz CT molecular complexity index is 1960. The number of carboxylic acids is 2. The number of hydrogen-bond acceptors (Lipinski definition) is 10. The average molecular weight is 924 g/mol. The third kappa shape index (κ3) is 12.3. The normalized spacial score (nSPS) is 14.2. The Kier molecular flexibility index (Phi) is 17.1. The van der Waals surface area contributed by atoms with Crippen molar-refractivity contribution >= 4 is 66.7 Å². The molecule has 2 N–H and O–H groups in total. The number of hydrogen-bond donors (Lipinski definition) is 2. The van der Waals surface area contributed by atoms with Crippen LogP contribution in [0.2, 0.25) is 0 Å². The second-order valence-electron chi connectivity index (χ2n) is 13.1. The van der Waals surface area contributed by atoms with Crippen LogP contribution in [0.4, 0.5) is 11.6 Å². The molecule has 0 aliphatic heterocycles. The van der Waals surface area contributed by atoms with Crippen molar-refractivity contribution in [3.8, 4) is 22.8 Å². The van der Waals surface area contributed by atoms with Gasteiger partial charge in [0.15, 0.2) is 0 Å². The number of nitrogens with one attached hydrogen (secondary N) is 2. The van der Waals surface area contributed by atoms with E-state index in [9.17, 15) is 0 Å². The van der Waals surface area contributed by atoms with Crippen LogP contribution in [0.3, 0.4) is 0 Å². The zero-order valence-corrected chi connectivity index (χ0v) is 34.8. The van der Waals surface area contributed by atoms with Gasteiger partial charge in [0, 0.05) is 36.4 Å². The Labute approximate surface area is 348 Å². The van der Waals surface area contributed by atoms with Gasteiger partial charge in [-0.25, -0.2) is 9.97 Å². The van der Waals surface area contributed by atoms with Gasteiger partial charge in [-0.3, -0.25) is 18.8 Å². The maximum Gasteiger partial charge on any atom is 2.00 e. The van der Waals surface area contributed by atoms with E-state index in [1.165, 1.54) is 64.2 Å². The number of carboxylic acid groups (broad SMARTS) is 2. The molecule has 2 aliphatic carbocycles. The standard InChI is InChI=1S/2C18H19BrN4.2C2H4O2.Cu/c2*19-15-10-6-11-16-22-17(14-9-4-5-12-20-14)18(23(15)16)21-13-7-2-1-3-8-13;2*1-2(3)4;/h2*4-6,9-13,21H,1-3,7-8H2;2*1H3,(H,3,4);/q;;;;+2/p-2. The Balaban J connectivity index is 0.000000202. The summed E-state index contributed by atoms with van der Waals surface area (Å²) in [6.45, 7) is 1.94. The summed E-state index contributed by atoms with van der Waals surface area (Å²) < 4.78 is 6.28. The first-order valence-electron chi connectivity index (χ1n) is 18.2. The van der Waals surface area contributed by atoms with Crippen molar-refractivity contribution in [2.45, 2.75) is 90.1 Å². The molecule has 0 atom stereocenters. The smallest absolute Gasteiger partial charge is 0.550 e. The van der Waals surface area contributed by atoms with E-state index in [1.54, 1.807) is 0 Å². The molecule has 0 bridgehead atoms. The Hall–Kier alpha value is -4.30. The first-order valence-corrected chi connectivity index (χ1v) is 19.8. The Morgan fingerprint density at radius 2 is 0.964 bits per heavy atom. The largest absolute Gasteiger partial charge is 2.00 e. The molecular formula is C40H44Br2CuN8O4. The van der Waals surface area contributed by atoms with Crippen LogP contribution < -0.4 is 20.8 Å². The maximum atomic E-state index is 8.89. The van der Waals surface area contributed by atoms with Gasteiger partial charge in [-0.15, -0.1) is 0 Å². The second-order valence-corrected chi connectivity index (χ2v) is 14.7. The van der Waals surface area contributed by atoms with Gasteiger partial charge in [-0.2, -0.15) is 0 Å². The van der Waals surface area contributed by atoms with Gasteiger partial charge < -0.3 is 30.4 Å². The van der Waals surface area contributed by atoms with Crippen LogP contribution in [0.25, 0.3) is 34.1 Å². The third-order valence-electron chi connectivity index (χ3n) is 8.90. The van der Waals surface area contributed by atoms with E-state index in [0.29, 0.717) is 12.1 Å². The molecule has 0 amide bonds. The summed E-state index contributed by atoms with van der Waals surface area (Å²) in [6, 6.07) is 25.1. The molecule has 2 aliphatic rings. The van der Waals surface area contributed by atoms with Crippen molar-refractivity contribution < 1.29 is 36.9 Å². The molecule has 6 heterocycles. The van der Waals surface area contributed by atoms with E-state index >= 15 is 0 Å². The minimum atomic E-state index is -1.08. The van der Waals surface area contributed by atoms with Crippen LogP contribution >= 0.6 is 31.9 Å². The zero-order valence-electron chi connectivity index (χ0n) is 30.7. The SMILES string of the molecule is Brc1cccc2nc(-c3ccccn3)c(NC3CCCCC3)n12.Brc1cccc2nc(-c3ccccn3)c(NC3CCCCC3)n12.CC(=O)[O-].CC(=O)[O-].[Cu+2]. The van der Waals surface area contributed by atoms with E-state index in [-0.39, 0.29) is 17.1 Å². The molecule has 8 rings (SSSR count). The molecule has 6 aromatic heterocycles. The van der Waals surface area contributed by atoms with E-state index in [1.807, 2.05) is 85.2 Å². The average Bonchev–Trinajstić information content (AvgIpc) is 3.73. The monoisotopic (exact) mass is 921 g/mol. The van der Waals surface area contributed by atoms with Gasteiger partial charge in [0.1, 0.15) is 34.3 Å². The zero-order chi connectivity index (χ0) is 38.5. The molecule has 6 aromatic rings. The number of aliphatic carboxylic acids is 2. The fourth-order valence-electron chi connectivity index (χ4n) is 6.62. The quantitative estimate of drug-likeness (QED) is 0.128. The van der Waals surface area contributed by atoms with E-state index in [0.717, 1.165) is 68.8 Å². The van der Waals surface area contributed by atoms with Gasteiger partial charge in [-0.05, 0) is 120 Å². The number of anilines is 2. The number of aromatic nitrogens is 6. The van der Waals surface area contributed by atoms with E-state index < -0.39 is 11.9 Å². The summed E-state index contributed by atoms with van der Waals surface area (Å²) in [5.41, 5.74) is 5.51. The van der Waals surface area contributed by atoms with E-state index in [2.05, 4.69) is 61.3 Å². The molecule has 0 spiro atoms. The molecule has 55 heavy (non-hydrogen) atoms. The van der Waals surface area contributed by atoms with Crippen LogP contribution in [0.15, 0.2) is 94.4 Å². The molecule has 15 heteroatoms. The minimum absolute atomic E-state index is 0. The number of imidazole rings is 2. The molecule has 12 nitrogen and oxygen atoms in total. The van der Waals surface area contributed by atoms with Crippen LogP contribution in [0.1, 0.15) is 78.1 Å². The van der Waals surface area contributed by atoms with Crippen LogP contribution in [-0.4, -0.2) is 52.8 Å². The second kappa shape index (κ2) is 21.7. The van der Waals surface area contributed by atoms with Gasteiger partial charge in [0.2, 0.25) is 0 Å². The number of rotatable bonds is 6. The van der Waals surface area contributed by atoms with Gasteiger partial charge in [0.25, 0.3) is 0 Å². The summed E-state index contributed by atoms with van der Waals surface area (Å²) >= 11 is 7.32. The number of halogens is 2.